The van der Waals surface area contributed by atoms with E-state index in [0.717, 1.165) is 6.07 Å². The molecule has 0 saturated heterocycles. The van der Waals surface area contributed by atoms with E-state index in [0.29, 0.717) is 5.56 Å². The van der Waals surface area contributed by atoms with Gasteiger partial charge in [0.1, 0.15) is 0 Å². The molecule has 2 N–H and O–H groups in total. The van der Waals surface area contributed by atoms with Gasteiger partial charge in [-0.3, -0.25) is 10.1 Å². The van der Waals surface area contributed by atoms with E-state index >= 15 is 0 Å². The first kappa shape index (κ1) is 15.6. The number of carbonyl (C=O) groups is 1. The molecule has 98 valence electrons. The maximum Gasteiger partial charge on any atom is 0.337 e. The number of nitro groups is 1. The molecule has 18 heavy (non-hydrogen) atoms. The van der Waals surface area contributed by atoms with Gasteiger partial charge in [-0.25, -0.2) is 4.79 Å². The van der Waals surface area contributed by atoms with Gasteiger partial charge in [0.25, 0.3) is 10.8 Å². The van der Waals surface area contributed by atoms with Crippen LogP contribution in [0.5, 0.6) is 0 Å². The van der Waals surface area contributed by atoms with E-state index in [4.69, 9.17) is 32.0 Å². The van der Waals surface area contributed by atoms with Crippen LogP contribution < -0.4 is 0 Å². The van der Waals surface area contributed by atoms with Crippen molar-refractivity contribution < 1.29 is 25.1 Å². The van der Waals surface area contributed by atoms with Crippen LogP contribution in [0.3, 0.4) is 0 Å². The summed E-state index contributed by atoms with van der Waals surface area (Å²) in [5, 5.41) is 32.8. The Balaban J connectivity index is 0.000000631. The van der Waals surface area contributed by atoms with Crippen LogP contribution in [0.4, 0.5) is 5.69 Å². The van der Waals surface area contributed by atoms with Gasteiger partial charge < -0.3 is 10.3 Å². The summed E-state index contributed by atoms with van der Waals surface area (Å²) in [6.07, 6.45) is 0. The third-order valence-corrected chi connectivity index (χ3v) is 2.03. The minimum atomic E-state index is -1.50. The van der Waals surface area contributed by atoms with E-state index in [-0.39, 0.29) is 16.3 Å². The summed E-state index contributed by atoms with van der Waals surface area (Å²) in [4.78, 5) is 28.8. The Morgan fingerprint density at radius 2 is 1.78 bits per heavy atom. The lowest BCUT2D eigenvalue weighted by Crippen LogP contribution is -2.01. The van der Waals surface area contributed by atoms with Crippen molar-refractivity contribution in [1.29, 1.82) is 0 Å². The fraction of sp³-hybridized carbons (Fsp3) is 0.125. The fourth-order valence-electron chi connectivity index (χ4n) is 1.02. The van der Waals surface area contributed by atoms with Gasteiger partial charge in [0.05, 0.1) is 15.5 Å². The van der Waals surface area contributed by atoms with Gasteiger partial charge in [-0.05, 0) is 13.0 Å². The van der Waals surface area contributed by atoms with Crippen molar-refractivity contribution in [2.75, 3.05) is 0 Å². The molecule has 0 unspecified atom stereocenters. The van der Waals surface area contributed by atoms with Crippen molar-refractivity contribution in [2.45, 2.75) is 6.92 Å². The molecule has 0 atom stereocenters. The number of benzene rings is 1. The van der Waals surface area contributed by atoms with Gasteiger partial charge >= 0.3 is 5.97 Å². The second kappa shape index (κ2) is 6.35. The van der Waals surface area contributed by atoms with Crippen LogP contribution in [0, 0.1) is 27.2 Å². The highest BCUT2D eigenvalue weighted by Gasteiger charge is 2.17. The zero-order valence-corrected chi connectivity index (χ0v) is 9.62. The molecule has 0 amide bonds. The molecule has 1 rings (SSSR count). The Labute approximate surface area is 104 Å². The maximum absolute atomic E-state index is 10.6. The number of aromatic carboxylic acids is 1. The van der Waals surface area contributed by atoms with Crippen molar-refractivity contribution in [2.24, 2.45) is 0 Å². The number of hydrogen-bond acceptors (Lipinski definition) is 5. The van der Waals surface area contributed by atoms with E-state index in [1.165, 1.54) is 13.0 Å². The average Bonchev–Trinajstić information content (AvgIpc) is 2.14. The zero-order valence-electron chi connectivity index (χ0n) is 8.86. The van der Waals surface area contributed by atoms with Crippen LogP contribution in [0.25, 0.3) is 0 Å². The first-order valence-corrected chi connectivity index (χ1v) is 4.55. The van der Waals surface area contributed by atoms with E-state index < -0.39 is 16.0 Å². The summed E-state index contributed by atoms with van der Waals surface area (Å²) in [7, 11) is 0. The van der Waals surface area contributed by atoms with Crippen LogP contribution in [-0.4, -0.2) is 26.3 Å². The minimum Gasteiger partial charge on any atom is -0.478 e. The number of carboxylic acid groups (broad SMARTS) is 1. The summed E-state index contributed by atoms with van der Waals surface area (Å²) in [5.41, 5.74) is -0.166. The number of halogens is 1. The minimum absolute atomic E-state index is 0.000556. The number of hydrogen-bond donors (Lipinski definition) is 2. The highest BCUT2D eigenvalue weighted by atomic mass is 35.5. The first-order chi connectivity index (χ1) is 8.16. The molecular weight excluding hydrogens is 272 g/mol. The first-order valence-electron chi connectivity index (χ1n) is 4.18. The second-order valence-corrected chi connectivity index (χ2v) is 3.33. The largest absolute Gasteiger partial charge is 0.478 e. The van der Waals surface area contributed by atoms with Crippen LogP contribution in [0.1, 0.15) is 15.9 Å². The van der Waals surface area contributed by atoms with Crippen molar-refractivity contribution in [3.63, 3.8) is 0 Å². The molecule has 0 spiro atoms. The molecule has 0 radical (unpaired) electrons. The lowest BCUT2D eigenvalue weighted by atomic mass is 10.1. The van der Waals surface area contributed by atoms with E-state index in [2.05, 4.69) is 0 Å². The lowest BCUT2D eigenvalue weighted by Gasteiger charge is -2.01. The second-order valence-electron chi connectivity index (χ2n) is 2.92. The molecule has 0 aliphatic rings. The SMILES string of the molecule is Cc1cc(Cl)c(C(=O)O)cc1[N+](=O)[O-].O=[N+]([O-])O. The molecule has 0 aliphatic carbocycles. The summed E-state index contributed by atoms with van der Waals surface area (Å²) in [6.45, 7) is 1.50. The molecular formula is C8H7ClN2O7. The average molecular weight is 279 g/mol. The Kier molecular flexibility index (Phi) is 5.49. The molecule has 9 nitrogen and oxygen atoms in total. The predicted molar refractivity (Wildman–Crippen MR) is 58.6 cm³/mol. The van der Waals surface area contributed by atoms with Crippen LogP contribution in [0.15, 0.2) is 12.1 Å². The Bertz CT molecular complexity index is 463. The van der Waals surface area contributed by atoms with Crippen molar-refractivity contribution >= 4 is 23.3 Å². The Hall–Kier alpha value is -2.42. The van der Waals surface area contributed by atoms with Crippen LogP contribution in [0.2, 0.25) is 5.02 Å². The maximum atomic E-state index is 10.6. The molecule has 1 aromatic carbocycles. The number of rotatable bonds is 2. The topological polar surface area (TPSA) is 144 Å². The number of carboxylic acids is 1. The Morgan fingerprint density at radius 3 is 2.11 bits per heavy atom. The number of nitro benzene ring substituents is 1. The highest BCUT2D eigenvalue weighted by molar-refractivity contribution is 6.33. The summed E-state index contributed by atoms with van der Waals surface area (Å²) in [5.74, 6) is -1.28. The monoisotopic (exact) mass is 278 g/mol. The predicted octanol–water partition coefficient (Wildman–Crippen LogP) is 1.91. The third-order valence-electron chi connectivity index (χ3n) is 1.71. The summed E-state index contributed by atoms with van der Waals surface area (Å²) < 4.78 is 0. The van der Waals surface area contributed by atoms with E-state index in [9.17, 15) is 14.9 Å². The molecule has 0 saturated carbocycles. The molecule has 0 aromatic heterocycles. The third kappa shape index (κ3) is 4.61. The highest BCUT2D eigenvalue weighted by Crippen LogP contribution is 2.26. The van der Waals surface area contributed by atoms with Crippen LogP contribution >= 0.6 is 11.6 Å². The molecule has 0 fully saturated rings. The molecule has 0 bridgehead atoms. The quantitative estimate of drug-likeness (QED) is 0.620. The molecule has 0 aliphatic heterocycles. The van der Waals surface area contributed by atoms with E-state index in [1.807, 2.05) is 0 Å². The van der Waals surface area contributed by atoms with Gasteiger partial charge in [0.15, 0.2) is 0 Å². The smallest absolute Gasteiger partial charge is 0.337 e. The normalized spacial score (nSPS) is 9.00. The number of aryl methyl sites for hydroxylation is 1. The standard InChI is InChI=1S/C8H6ClNO4.HNO3/c1-4-2-6(9)5(8(11)12)3-7(4)10(13)14;2-1(3)4/h2-3H,1H3,(H,11,12);(H,2,3,4). The van der Waals surface area contributed by atoms with Crippen molar-refractivity contribution in [1.82, 2.24) is 0 Å². The van der Waals surface area contributed by atoms with Crippen LogP contribution in [-0.2, 0) is 0 Å². The van der Waals surface area contributed by atoms with Crippen molar-refractivity contribution in [3.05, 3.63) is 48.5 Å². The summed E-state index contributed by atoms with van der Waals surface area (Å²) in [6, 6.07) is 2.23. The van der Waals surface area contributed by atoms with Gasteiger partial charge in [0, 0.05) is 11.6 Å². The van der Waals surface area contributed by atoms with Gasteiger partial charge in [0.2, 0.25) is 0 Å². The Morgan fingerprint density at radius 1 is 1.33 bits per heavy atom. The van der Waals surface area contributed by atoms with Gasteiger partial charge in [-0.2, -0.15) is 0 Å². The molecule has 0 heterocycles. The fourth-order valence-corrected chi connectivity index (χ4v) is 1.32. The lowest BCUT2D eigenvalue weighted by molar-refractivity contribution is -0.742. The van der Waals surface area contributed by atoms with Crippen molar-refractivity contribution in [3.8, 4) is 0 Å². The number of nitrogens with zero attached hydrogens (tertiary/aromatic N) is 2. The van der Waals surface area contributed by atoms with E-state index in [1.54, 1.807) is 0 Å². The zero-order chi connectivity index (χ0) is 14.5. The molecule has 1 aromatic rings. The van der Waals surface area contributed by atoms with Gasteiger partial charge in [-0.15, -0.1) is 10.1 Å². The molecule has 10 heteroatoms. The van der Waals surface area contributed by atoms with Gasteiger partial charge in [-0.1, -0.05) is 11.6 Å². The summed E-state index contributed by atoms with van der Waals surface area (Å²) >= 11 is 5.60.